The number of aromatic nitrogens is 1. The van der Waals surface area contributed by atoms with Crippen LogP contribution in [-0.2, 0) is 9.47 Å². The normalized spacial score (nSPS) is 11.2. The first-order valence-electron chi connectivity index (χ1n) is 5.11. The minimum Gasteiger partial charge on any atom is -0.350 e. The Labute approximate surface area is 119 Å². The molecule has 0 N–H and O–H groups in total. The van der Waals surface area contributed by atoms with Gasteiger partial charge in [-0.15, -0.1) is 11.3 Å². The first-order valence-corrected chi connectivity index (χ1v) is 6.75. The predicted molar refractivity (Wildman–Crippen MR) is 74.3 cm³/mol. The molecule has 18 heavy (non-hydrogen) atoms. The third-order valence-corrected chi connectivity index (χ3v) is 3.65. The standard InChI is InChI=1S/C12H11Cl2NO2S/c1-16-12(17-2)10-6-18-11(15-10)7-3-8(13)5-9(14)4-7/h3-6,12H,1-2H3. The van der Waals surface area contributed by atoms with Crippen LogP contribution in [0.5, 0.6) is 0 Å². The lowest BCUT2D eigenvalue weighted by Gasteiger charge is -2.09. The second-order valence-electron chi connectivity index (χ2n) is 3.54. The van der Waals surface area contributed by atoms with Gasteiger partial charge in [0.05, 0.1) is 0 Å². The van der Waals surface area contributed by atoms with E-state index >= 15 is 0 Å². The molecule has 0 unspecified atom stereocenters. The molecule has 2 rings (SSSR count). The highest BCUT2D eigenvalue weighted by Gasteiger charge is 2.14. The number of thiazole rings is 1. The maximum absolute atomic E-state index is 5.97. The Bertz CT molecular complexity index is 520. The van der Waals surface area contributed by atoms with Crippen LogP contribution in [0.4, 0.5) is 0 Å². The van der Waals surface area contributed by atoms with Crippen molar-refractivity contribution in [3.05, 3.63) is 39.3 Å². The van der Waals surface area contributed by atoms with E-state index in [1.54, 1.807) is 20.3 Å². The number of rotatable bonds is 4. The summed E-state index contributed by atoms with van der Waals surface area (Å²) in [6.07, 6.45) is -0.454. The summed E-state index contributed by atoms with van der Waals surface area (Å²) in [7, 11) is 3.15. The molecule has 0 aliphatic carbocycles. The summed E-state index contributed by atoms with van der Waals surface area (Å²) in [4.78, 5) is 4.46. The molecule has 0 atom stereocenters. The highest BCUT2D eigenvalue weighted by atomic mass is 35.5. The number of hydrogen-bond acceptors (Lipinski definition) is 4. The van der Waals surface area contributed by atoms with Gasteiger partial charge >= 0.3 is 0 Å². The topological polar surface area (TPSA) is 31.4 Å². The zero-order valence-electron chi connectivity index (χ0n) is 9.81. The Kier molecular flexibility index (Phi) is 4.59. The number of hydrogen-bond donors (Lipinski definition) is 0. The summed E-state index contributed by atoms with van der Waals surface area (Å²) in [5, 5.41) is 3.89. The van der Waals surface area contributed by atoms with E-state index in [-0.39, 0.29) is 0 Å². The van der Waals surface area contributed by atoms with Crippen LogP contribution in [0.2, 0.25) is 10.0 Å². The molecule has 0 aliphatic rings. The van der Waals surface area contributed by atoms with Crippen molar-refractivity contribution in [2.45, 2.75) is 6.29 Å². The van der Waals surface area contributed by atoms with Crippen molar-refractivity contribution in [3.8, 4) is 10.6 Å². The fraction of sp³-hybridized carbons (Fsp3) is 0.250. The molecule has 6 heteroatoms. The second-order valence-corrected chi connectivity index (χ2v) is 5.27. The van der Waals surface area contributed by atoms with Gasteiger partial charge in [0, 0.05) is 35.2 Å². The molecule has 96 valence electrons. The molecule has 0 saturated carbocycles. The van der Waals surface area contributed by atoms with E-state index in [2.05, 4.69) is 4.98 Å². The number of nitrogens with zero attached hydrogens (tertiary/aromatic N) is 1. The Morgan fingerprint density at radius 1 is 1.11 bits per heavy atom. The van der Waals surface area contributed by atoms with Crippen molar-refractivity contribution in [1.29, 1.82) is 0 Å². The quantitative estimate of drug-likeness (QED) is 0.784. The van der Waals surface area contributed by atoms with Gasteiger partial charge < -0.3 is 9.47 Å². The van der Waals surface area contributed by atoms with Crippen LogP contribution in [0.1, 0.15) is 12.0 Å². The second kappa shape index (κ2) is 5.99. The van der Waals surface area contributed by atoms with Crippen LogP contribution in [-0.4, -0.2) is 19.2 Å². The lowest BCUT2D eigenvalue weighted by Crippen LogP contribution is -2.03. The highest BCUT2D eigenvalue weighted by molar-refractivity contribution is 7.13. The van der Waals surface area contributed by atoms with Crippen LogP contribution in [0, 0.1) is 0 Å². The number of halogens is 2. The molecule has 0 spiro atoms. The van der Waals surface area contributed by atoms with Crippen LogP contribution in [0.25, 0.3) is 10.6 Å². The van der Waals surface area contributed by atoms with E-state index in [1.165, 1.54) is 11.3 Å². The molecule has 0 fully saturated rings. The first kappa shape index (κ1) is 13.8. The lowest BCUT2D eigenvalue weighted by atomic mass is 10.2. The third-order valence-electron chi connectivity index (χ3n) is 2.30. The molecule has 3 nitrogen and oxygen atoms in total. The fourth-order valence-electron chi connectivity index (χ4n) is 1.54. The number of methoxy groups -OCH3 is 2. The van der Waals surface area contributed by atoms with Gasteiger partial charge in [-0.3, -0.25) is 0 Å². The SMILES string of the molecule is COC(OC)c1csc(-c2cc(Cl)cc(Cl)c2)n1. The van der Waals surface area contributed by atoms with Crippen molar-refractivity contribution >= 4 is 34.5 Å². The first-order chi connectivity index (χ1) is 8.63. The predicted octanol–water partition coefficient (Wildman–Crippen LogP) is 4.41. The molecule has 1 heterocycles. The van der Waals surface area contributed by atoms with Gasteiger partial charge in [0.2, 0.25) is 6.29 Å². The summed E-state index contributed by atoms with van der Waals surface area (Å²) in [6, 6.07) is 5.34. The van der Waals surface area contributed by atoms with Gasteiger partial charge in [0.25, 0.3) is 0 Å². The van der Waals surface area contributed by atoms with Gasteiger partial charge in [-0.1, -0.05) is 23.2 Å². The zero-order valence-corrected chi connectivity index (χ0v) is 12.1. The van der Waals surface area contributed by atoms with Gasteiger partial charge in [0.15, 0.2) is 0 Å². The van der Waals surface area contributed by atoms with Crippen molar-refractivity contribution in [1.82, 2.24) is 4.98 Å². The van der Waals surface area contributed by atoms with Crippen LogP contribution < -0.4 is 0 Å². The molecule has 1 aromatic carbocycles. The number of benzene rings is 1. The molecule has 1 aromatic heterocycles. The summed E-state index contributed by atoms with van der Waals surface area (Å²) >= 11 is 13.4. The highest BCUT2D eigenvalue weighted by Crippen LogP contribution is 2.31. The van der Waals surface area contributed by atoms with Crippen LogP contribution >= 0.6 is 34.5 Å². The molecule has 2 aromatic rings. The molecule has 0 radical (unpaired) electrons. The van der Waals surface area contributed by atoms with Gasteiger partial charge in [-0.2, -0.15) is 0 Å². The monoisotopic (exact) mass is 303 g/mol. The lowest BCUT2D eigenvalue weighted by molar-refractivity contribution is -0.108. The van der Waals surface area contributed by atoms with Crippen molar-refractivity contribution < 1.29 is 9.47 Å². The largest absolute Gasteiger partial charge is 0.350 e. The summed E-state index contributed by atoms with van der Waals surface area (Å²) < 4.78 is 10.3. The Hall–Kier alpha value is -0.650. The maximum Gasteiger partial charge on any atom is 0.201 e. The molecular weight excluding hydrogens is 293 g/mol. The molecule has 0 aliphatic heterocycles. The van der Waals surface area contributed by atoms with Gasteiger partial charge in [0.1, 0.15) is 10.7 Å². The van der Waals surface area contributed by atoms with Gasteiger partial charge in [-0.05, 0) is 18.2 Å². The average Bonchev–Trinajstić information content (AvgIpc) is 2.79. The minimum atomic E-state index is -0.454. The average molecular weight is 304 g/mol. The van der Waals surface area contributed by atoms with Crippen molar-refractivity contribution in [2.75, 3.05) is 14.2 Å². The van der Waals surface area contributed by atoms with Crippen molar-refractivity contribution in [2.24, 2.45) is 0 Å². The zero-order chi connectivity index (χ0) is 13.1. The third kappa shape index (κ3) is 3.02. The smallest absolute Gasteiger partial charge is 0.201 e. The van der Waals surface area contributed by atoms with E-state index in [9.17, 15) is 0 Å². The van der Waals surface area contributed by atoms with E-state index < -0.39 is 6.29 Å². The Morgan fingerprint density at radius 2 is 1.72 bits per heavy atom. The van der Waals surface area contributed by atoms with Crippen LogP contribution in [0.3, 0.4) is 0 Å². The van der Waals surface area contributed by atoms with E-state index in [0.29, 0.717) is 10.0 Å². The summed E-state index contributed by atoms with van der Waals surface area (Å²) in [5.41, 5.74) is 1.62. The van der Waals surface area contributed by atoms with Gasteiger partial charge in [-0.25, -0.2) is 4.98 Å². The van der Waals surface area contributed by atoms with E-state index in [4.69, 9.17) is 32.7 Å². The Balaban J connectivity index is 2.34. The summed E-state index contributed by atoms with van der Waals surface area (Å²) in [5.74, 6) is 0. The summed E-state index contributed by atoms with van der Waals surface area (Å²) in [6.45, 7) is 0. The molecule has 0 amide bonds. The molecular formula is C12H11Cl2NO2S. The minimum absolute atomic E-state index is 0.454. The fourth-order valence-corrected chi connectivity index (χ4v) is 2.88. The molecule has 0 saturated heterocycles. The van der Waals surface area contributed by atoms with Crippen molar-refractivity contribution in [3.63, 3.8) is 0 Å². The Morgan fingerprint density at radius 3 is 2.28 bits per heavy atom. The van der Waals surface area contributed by atoms with E-state index in [0.717, 1.165) is 16.3 Å². The molecule has 0 bridgehead atoms. The number of ether oxygens (including phenoxy) is 2. The maximum atomic E-state index is 5.97. The van der Waals surface area contributed by atoms with Crippen LogP contribution in [0.15, 0.2) is 23.6 Å². The van der Waals surface area contributed by atoms with E-state index in [1.807, 2.05) is 17.5 Å².